The van der Waals surface area contributed by atoms with Crippen molar-refractivity contribution in [3.05, 3.63) is 89.5 Å². The fourth-order valence-corrected chi connectivity index (χ4v) is 4.72. The molecule has 0 aliphatic heterocycles. The molecule has 188 valence electrons. The van der Waals surface area contributed by atoms with Crippen molar-refractivity contribution < 1.29 is 24.2 Å². The molecule has 36 heavy (non-hydrogen) atoms. The van der Waals surface area contributed by atoms with Crippen LogP contribution in [0.3, 0.4) is 0 Å². The maximum absolute atomic E-state index is 12.7. The maximum Gasteiger partial charge on any atom is 0.407 e. The van der Waals surface area contributed by atoms with Gasteiger partial charge in [-0.3, -0.25) is 4.79 Å². The normalized spacial score (nSPS) is 12.9. The largest absolute Gasteiger partial charge is 0.494 e. The van der Waals surface area contributed by atoms with E-state index in [9.17, 15) is 14.7 Å². The van der Waals surface area contributed by atoms with Gasteiger partial charge < -0.3 is 19.9 Å². The number of ether oxygens (including phenoxy) is 2. The Balaban J connectivity index is 1.37. The van der Waals surface area contributed by atoms with Gasteiger partial charge in [0.15, 0.2) is 0 Å². The van der Waals surface area contributed by atoms with E-state index in [4.69, 9.17) is 9.47 Å². The maximum atomic E-state index is 12.7. The summed E-state index contributed by atoms with van der Waals surface area (Å²) >= 11 is 0. The van der Waals surface area contributed by atoms with Gasteiger partial charge >= 0.3 is 12.1 Å². The molecule has 2 N–H and O–H groups in total. The van der Waals surface area contributed by atoms with Crippen molar-refractivity contribution in [3.63, 3.8) is 0 Å². The summed E-state index contributed by atoms with van der Waals surface area (Å²) in [6.45, 7) is 2.99. The number of unbranched alkanes of at least 4 members (excludes halogenated alkanes) is 3. The first-order valence-corrected chi connectivity index (χ1v) is 12.6. The van der Waals surface area contributed by atoms with E-state index < -0.39 is 18.1 Å². The van der Waals surface area contributed by atoms with Crippen LogP contribution < -0.4 is 10.1 Å². The van der Waals surface area contributed by atoms with Gasteiger partial charge in [-0.25, -0.2) is 4.79 Å². The third-order valence-corrected chi connectivity index (χ3v) is 6.56. The number of benzene rings is 3. The Bertz CT molecular complexity index is 1130. The quantitative estimate of drug-likeness (QED) is 0.278. The minimum absolute atomic E-state index is 0.0603. The molecule has 0 spiro atoms. The highest BCUT2D eigenvalue weighted by atomic mass is 16.5. The highest BCUT2D eigenvalue weighted by molar-refractivity contribution is 5.79. The van der Waals surface area contributed by atoms with Gasteiger partial charge in [0.1, 0.15) is 12.4 Å². The molecule has 1 amide bonds. The van der Waals surface area contributed by atoms with Crippen molar-refractivity contribution >= 4 is 12.1 Å². The fraction of sp³-hybridized carbons (Fsp3) is 0.333. The number of nitrogens with one attached hydrogen (secondary N) is 1. The van der Waals surface area contributed by atoms with Crippen LogP contribution in [0.1, 0.15) is 67.7 Å². The third kappa shape index (κ3) is 6.25. The number of carboxylic acid groups (broad SMARTS) is 1. The van der Waals surface area contributed by atoms with Crippen LogP contribution in [0.15, 0.2) is 72.8 Å². The summed E-state index contributed by atoms with van der Waals surface area (Å²) < 4.78 is 11.4. The molecular weight excluding hydrogens is 454 g/mol. The second-order valence-corrected chi connectivity index (χ2v) is 9.10. The summed E-state index contributed by atoms with van der Waals surface area (Å²) in [5.41, 5.74) is 5.24. The zero-order valence-electron chi connectivity index (χ0n) is 20.6. The fourth-order valence-electron chi connectivity index (χ4n) is 4.72. The highest BCUT2D eigenvalue weighted by Crippen LogP contribution is 2.44. The molecule has 0 aromatic heterocycles. The molecule has 0 fully saturated rings. The van der Waals surface area contributed by atoms with Crippen molar-refractivity contribution in [1.29, 1.82) is 0 Å². The first-order valence-electron chi connectivity index (χ1n) is 12.6. The predicted molar refractivity (Wildman–Crippen MR) is 139 cm³/mol. The number of rotatable bonds is 12. The minimum atomic E-state index is -1.00. The second-order valence-electron chi connectivity index (χ2n) is 9.10. The highest BCUT2D eigenvalue weighted by Gasteiger charge is 2.29. The van der Waals surface area contributed by atoms with E-state index in [0.29, 0.717) is 12.2 Å². The molecule has 3 aromatic carbocycles. The number of aliphatic carboxylic acids is 1. The lowest BCUT2D eigenvalue weighted by Crippen LogP contribution is -2.31. The Morgan fingerprint density at radius 1 is 0.889 bits per heavy atom. The standard InChI is InChI=1S/C30H33NO5/c1-2-3-4-9-18-35-22-16-14-21(15-17-22)28(19-29(32)33)31-30(34)36-20-27-25-12-7-5-10-23(25)24-11-6-8-13-26(24)27/h5-8,10-17,27-28H,2-4,9,18-20H2,1H3,(H,31,34)(H,32,33)/t28-/m0/s1. The molecule has 6 heteroatoms. The smallest absolute Gasteiger partial charge is 0.407 e. The van der Waals surface area contributed by atoms with Crippen molar-refractivity contribution in [2.45, 2.75) is 51.0 Å². The molecule has 0 heterocycles. The Morgan fingerprint density at radius 3 is 2.14 bits per heavy atom. The Labute approximate surface area is 212 Å². The van der Waals surface area contributed by atoms with E-state index in [2.05, 4.69) is 36.5 Å². The summed E-state index contributed by atoms with van der Waals surface area (Å²) in [5.74, 6) is -0.338. The number of hydrogen-bond acceptors (Lipinski definition) is 4. The van der Waals surface area contributed by atoms with Crippen LogP contribution in [0, 0.1) is 0 Å². The molecular formula is C30H33NO5. The number of carbonyl (C=O) groups is 2. The van der Waals surface area contributed by atoms with Crippen molar-refractivity contribution in [3.8, 4) is 16.9 Å². The minimum Gasteiger partial charge on any atom is -0.494 e. The second kappa shape index (κ2) is 12.2. The van der Waals surface area contributed by atoms with Gasteiger partial charge in [0, 0.05) is 5.92 Å². The predicted octanol–water partition coefficient (Wildman–Crippen LogP) is 6.70. The Morgan fingerprint density at radius 2 is 1.53 bits per heavy atom. The SMILES string of the molecule is CCCCCCOc1ccc([C@H](CC(=O)O)NC(=O)OCC2c3ccccc3-c3ccccc32)cc1. The summed E-state index contributed by atoms with van der Waals surface area (Å²) in [6, 6.07) is 22.7. The van der Waals surface area contributed by atoms with Crippen LogP contribution in [0.5, 0.6) is 5.75 Å². The van der Waals surface area contributed by atoms with Gasteiger partial charge in [0.05, 0.1) is 19.1 Å². The van der Waals surface area contributed by atoms with Crippen molar-refractivity contribution in [2.75, 3.05) is 13.2 Å². The molecule has 3 aromatic rings. The molecule has 0 saturated carbocycles. The molecule has 0 radical (unpaired) electrons. The first kappa shape index (κ1) is 25.3. The zero-order valence-corrected chi connectivity index (χ0v) is 20.6. The van der Waals surface area contributed by atoms with E-state index in [1.165, 1.54) is 12.8 Å². The van der Waals surface area contributed by atoms with Crippen LogP contribution in [0.25, 0.3) is 11.1 Å². The number of hydrogen-bond donors (Lipinski definition) is 2. The van der Waals surface area contributed by atoms with Crippen LogP contribution >= 0.6 is 0 Å². The molecule has 1 atom stereocenters. The number of carboxylic acids is 1. The third-order valence-electron chi connectivity index (χ3n) is 6.56. The Kier molecular flexibility index (Phi) is 8.61. The van der Waals surface area contributed by atoms with Gasteiger partial charge in [-0.1, -0.05) is 86.8 Å². The van der Waals surface area contributed by atoms with Crippen LogP contribution in [0.2, 0.25) is 0 Å². The number of amides is 1. The van der Waals surface area contributed by atoms with Crippen LogP contribution in [-0.2, 0) is 9.53 Å². The summed E-state index contributed by atoms with van der Waals surface area (Å²) in [6.07, 6.45) is 3.62. The van der Waals surface area contributed by atoms with E-state index in [-0.39, 0.29) is 18.9 Å². The molecule has 4 rings (SSSR count). The number of alkyl carbamates (subject to hydrolysis) is 1. The molecule has 0 bridgehead atoms. The lowest BCUT2D eigenvalue weighted by Gasteiger charge is -2.19. The molecule has 0 unspecified atom stereocenters. The average molecular weight is 488 g/mol. The summed E-state index contributed by atoms with van der Waals surface area (Å²) in [4.78, 5) is 24.2. The van der Waals surface area contributed by atoms with Gasteiger partial charge in [0.2, 0.25) is 0 Å². The van der Waals surface area contributed by atoms with E-state index in [0.717, 1.165) is 40.8 Å². The first-order chi connectivity index (χ1) is 17.6. The Hall–Kier alpha value is -3.80. The van der Waals surface area contributed by atoms with Gasteiger partial charge in [-0.15, -0.1) is 0 Å². The molecule has 6 nitrogen and oxygen atoms in total. The summed E-state index contributed by atoms with van der Waals surface area (Å²) in [5, 5.41) is 12.1. The molecule has 1 aliphatic rings. The van der Waals surface area contributed by atoms with E-state index in [1.807, 2.05) is 36.4 Å². The van der Waals surface area contributed by atoms with Crippen molar-refractivity contribution in [2.24, 2.45) is 0 Å². The topological polar surface area (TPSA) is 84.9 Å². The zero-order chi connectivity index (χ0) is 25.3. The number of carbonyl (C=O) groups excluding carboxylic acids is 1. The van der Waals surface area contributed by atoms with Crippen LogP contribution in [0.4, 0.5) is 4.79 Å². The average Bonchev–Trinajstić information content (AvgIpc) is 3.21. The monoisotopic (exact) mass is 487 g/mol. The lowest BCUT2D eigenvalue weighted by atomic mass is 9.98. The molecule has 0 saturated heterocycles. The van der Waals surface area contributed by atoms with Crippen LogP contribution in [-0.4, -0.2) is 30.4 Å². The van der Waals surface area contributed by atoms with Crippen molar-refractivity contribution in [1.82, 2.24) is 5.32 Å². The van der Waals surface area contributed by atoms with Gasteiger partial charge in [0.25, 0.3) is 0 Å². The van der Waals surface area contributed by atoms with E-state index >= 15 is 0 Å². The number of fused-ring (bicyclic) bond motifs is 3. The van der Waals surface area contributed by atoms with Gasteiger partial charge in [-0.05, 0) is 46.4 Å². The van der Waals surface area contributed by atoms with E-state index in [1.54, 1.807) is 12.1 Å². The summed E-state index contributed by atoms with van der Waals surface area (Å²) in [7, 11) is 0. The molecule has 1 aliphatic carbocycles. The van der Waals surface area contributed by atoms with Gasteiger partial charge in [-0.2, -0.15) is 0 Å². The lowest BCUT2D eigenvalue weighted by molar-refractivity contribution is -0.137.